The second-order valence-electron chi connectivity index (χ2n) is 3.74. The molecule has 0 radical (unpaired) electrons. The summed E-state index contributed by atoms with van der Waals surface area (Å²) in [5, 5.41) is 28.1. The summed E-state index contributed by atoms with van der Waals surface area (Å²) in [4.78, 5) is 10.7. The fourth-order valence-electron chi connectivity index (χ4n) is 1.51. The molecule has 0 bridgehead atoms. The van der Waals surface area contributed by atoms with Crippen molar-refractivity contribution in [2.24, 2.45) is 5.73 Å². The fourth-order valence-corrected chi connectivity index (χ4v) is 1.51. The first-order valence-corrected chi connectivity index (χ1v) is 5.16. The average Bonchev–Trinajstić information content (AvgIpc) is 2.28. The zero-order valence-corrected chi connectivity index (χ0v) is 9.21. The van der Waals surface area contributed by atoms with Crippen molar-refractivity contribution in [3.63, 3.8) is 0 Å². The second-order valence-corrected chi connectivity index (χ2v) is 3.74. The van der Waals surface area contributed by atoms with E-state index >= 15 is 0 Å². The van der Waals surface area contributed by atoms with Gasteiger partial charge in [0.25, 0.3) is 0 Å². The van der Waals surface area contributed by atoms with Gasteiger partial charge in [-0.1, -0.05) is 6.07 Å². The smallest absolute Gasteiger partial charge is 0.335 e. The number of hydrogen-bond acceptors (Lipinski definition) is 5. The van der Waals surface area contributed by atoms with Gasteiger partial charge in [-0.25, -0.2) is 4.79 Å². The Morgan fingerprint density at radius 1 is 1.35 bits per heavy atom. The number of nitrogen functional groups attached to an aromatic ring is 1. The first kappa shape index (κ1) is 13.4. The summed E-state index contributed by atoms with van der Waals surface area (Å²) < 4.78 is 0. The first-order chi connectivity index (χ1) is 7.97. The average molecular weight is 240 g/mol. The number of anilines is 1. The first-order valence-electron chi connectivity index (χ1n) is 5.16. The maximum absolute atomic E-state index is 10.7. The molecule has 6 nitrogen and oxygen atoms in total. The van der Waals surface area contributed by atoms with Crippen LogP contribution in [0.4, 0.5) is 5.69 Å². The number of benzene rings is 1. The minimum atomic E-state index is -1.17. The van der Waals surface area contributed by atoms with E-state index < -0.39 is 18.2 Å². The van der Waals surface area contributed by atoms with Gasteiger partial charge < -0.3 is 26.8 Å². The summed E-state index contributed by atoms with van der Waals surface area (Å²) >= 11 is 0. The Hall–Kier alpha value is -1.63. The van der Waals surface area contributed by atoms with Crippen molar-refractivity contribution in [1.82, 2.24) is 0 Å². The highest BCUT2D eigenvalue weighted by Gasteiger charge is 2.20. The quantitative estimate of drug-likeness (QED) is 0.450. The van der Waals surface area contributed by atoms with Crippen LogP contribution in [0.3, 0.4) is 0 Å². The number of hydrogen-bond donors (Lipinski definition) is 5. The molecule has 1 aromatic rings. The molecule has 0 aliphatic heterocycles. The molecule has 0 fully saturated rings. The molecule has 0 aromatic heterocycles. The Bertz CT molecular complexity index is 408. The maximum Gasteiger partial charge on any atom is 0.335 e. The van der Waals surface area contributed by atoms with E-state index in [4.69, 9.17) is 16.6 Å². The van der Waals surface area contributed by atoms with Crippen LogP contribution in [-0.4, -0.2) is 33.9 Å². The zero-order valence-electron chi connectivity index (χ0n) is 9.21. The van der Waals surface area contributed by atoms with Crippen molar-refractivity contribution in [1.29, 1.82) is 0 Å². The van der Waals surface area contributed by atoms with Crippen molar-refractivity contribution in [2.75, 3.05) is 12.3 Å². The largest absolute Gasteiger partial charge is 0.478 e. The summed E-state index contributed by atoms with van der Waals surface area (Å²) in [6.45, 7) is 0.241. The van der Waals surface area contributed by atoms with E-state index in [0.29, 0.717) is 5.56 Å². The molecule has 2 unspecified atom stereocenters. The minimum Gasteiger partial charge on any atom is -0.478 e. The summed E-state index contributed by atoms with van der Waals surface area (Å²) in [6.07, 6.45) is -1.94. The molecule has 1 aromatic carbocycles. The van der Waals surface area contributed by atoms with Gasteiger partial charge in [0.05, 0.1) is 11.7 Å². The van der Waals surface area contributed by atoms with Crippen LogP contribution in [0, 0.1) is 0 Å². The fraction of sp³-hybridized carbons (Fsp3) is 0.364. The van der Waals surface area contributed by atoms with E-state index in [-0.39, 0.29) is 24.2 Å². The topological polar surface area (TPSA) is 130 Å². The van der Waals surface area contributed by atoms with Gasteiger partial charge in [-0.15, -0.1) is 0 Å². The molecule has 0 aliphatic carbocycles. The zero-order chi connectivity index (χ0) is 13.0. The van der Waals surface area contributed by atoms with Crippen LogP contribution in [0.25, 0.3) is 0 Å². The molecule has 6 heteroatoms. The van der Waals surface area contributed by atoms with E-state index in [2.05, 4.69) is 0 Å². The Morgan fingerprint density at radius 3 is 2.47 bits per heavy atom. The molecule has 0 saturated carbocycles. The van der Waals surface area contributed by atoms with Crippen molar-refractivity contribution in [3.8, 4) is 0 Å². The van der Waals surface area contributed by atoms with Gasteiger partial charge in [0.1, 0.15) is 6.10 Å². The lowest BCUT2D eigenvalue weighted by atomic mass is 9.99. The second kappa shape index (κ2) is 5.62. The third-order valence-electron chi connectivity index (χ3n) is 2.48. The predicted molar refractivity (Wildman–Crippen MR) is 62.5 cm³/mol. The van der Waals surface area contributed by atoms with Gasteiger partial charge in [-0.3, -0.25) is 0 Å². The normalized spacial score (nSPS) is 14.3. The number of rotatable bonds is 5. The molecule has 17 heavy (non-hydrogen) atoms. The number of carboxylic acid groups (broad SMARTS) is 1. The number of aliphatic hydroxyl groups excluding tert-OH is 2. The van der Waals surface area contributed by atoms with E-state index in [1.54, 1.807) is 0 Å². The Kier molecular flexibility index (Phi) is 4.45. The van der Waals surface area contributed by atoms with Crippen LogP contribution in [0.2, 0.25) is 0 Å². The van der Waals surface area contributed by atoms with Gasteiger partial charge in [0.15, 0.2) is 0 Å². The molecular weight excluding hydrogens is 224 g/mol. The third-order valence-corrected chi connectivity index (χ3v) is 2.48. The Labute approximate surface area is 98.5 Å². The molecule has 0 amide bonds. The highest BCUT2D eigenvalue weighted by molar-refractivity contribution is 5.89. The number of carboxylic acids is 1. The summed E-state index contributed by atoms with van der Waals surface area (Å²) in [5.74, 6) is -1.10. The van der Waals surface area contributed by atoms with Crippen LogP contribution in [-0.2, 0) is 0 Å². The van der Waals surface area contributed by atoms with Gasteiger partial charge >= 0.3 is 5.97 Å². The van der Waals surface area contributed by atoms with Gasteiger partial charge in [-0.2, -0.15) is 0 Å². The molecular formula is C11H16N2O4. The molecule has 0 heterocycles. The maximum atomic E-state index is 10.7. The van der Waals surface area contributed by atoms with Crippen LogP contribution >= 0.6 is 0 Å². The van der Waals surface area contributed by atoms with Gasteiger partial charge in [0, 0.05) is 11.3 Å². The molecule has 1 rings (SSSR count). The van der Waals surface area contributed by atoms with E-state index in [9.17, 15) is 15.0 Å². The van der Waals surface area contributed by atoms with Crippen molar-refractivity contribution in [2.45, 2.75) is 18.6 Å². The lowest BCUT2D eigenvalue weighted by molar-refractivity contribution is 0.0154. The summed E-state index contributed by atoms with van der Waals surface area (Å²) in [6, 6.07) is 3.96. The van der Waals surface area contributed by atoms with Crippen LogP contribution in [0.1, 0.15) is 28.4 Å². The highest BCUT2D eigenvalue weighted by atomic mass is 16.4. The molecule has 0 aliphatic rings. The van der Waals surface area contributed by atoms with Crippen molar-refractivity contribution in [3.05, 3.63) is 29.3 Å². The van der Waals surface area contributed by atoms with Crippen molar-refractivity contribution >= 4 is 11.7 Å². The van der Waals surface area contributed by atoms with Crippen molar-refractivity contribution < 1.29 is 20.1 Å². The highest BCUT2D eigenvalue weighted by Crippen LogP contribution is 2.25. The summed E-state index contributed by atoms with van der Waals surface area (Å²) in [5.41, 5.74) is 11.4. The molecule has 0 spiro atoms. The van der Waals surface area contributed by atoms with E-state index in [1.165, 1.54) is 18.2 Å². The van der Waals surface area contributed by atoms with Gasteiger partial charge in [-0.05, 0) is 25.1 Å². The molecule has 94 valence electrons. The van der Waals surface area contributed by atoms with Crippen LogP contribution in [0.15, 0.2) is 18.2 Å². The number of nitrogens with two attached hydrogens (primary N) is 2. The lowest BCUT2D eigenvalue weighted by Gasteiger charge is -2.19. The van der Waals surface area contributed by atoms with Gasteiger partial charge in [0.2, 0.25) is 0 Å². The van der Waals surface area contributed by atoms with Crippen LogP contribution in [0.5, 0.6) is 0 Å². The lowest BCUT2D eigenvalue weighted by Crippen LogP contribution is -2.22. The van der Waals surface area contributed by atoms with E-state index in [1.807, 2.05) is 0 Å². The minimum absolute atomic E-state index is 0.0340. The van der Waals surface area contributed by atoms with Crippen LogP contribution < -0.4 is 11.5 Å². The Balaban J connectivity index is 2.95. The number of aliphatic hydroxyl groups is 2. The number of carbonyl (C=O) groups is 1. The molecule has 7 N–H and O–H groups in total. The van der Waals surface area contributed by atoms with E-state index in [0.717, 1.165) is 0 Å². The molecule has 2 atom stereocenters. The number of aromatic carboxylic acids is 1. The summed E-state index contributed by atoms with van der Waals surface area (Å²) in [7, 11) is 0. The SMILES string of the molecule is NCCC(O)C(O)c1ccc(C(=O)O)cc1N. The third kappa shape index (κ3) is 3.16. The Morgan fingerprint density at radius 2 is 2.00 bits per heavy atom. The standard InChI is InChI=1S/C11H16N2O4/c12-4-3-9(14)10(15)7-2-1-6(11(16)17)5-8(7)13/h1-2,5,9-10,14-15H,3-4,12-13H2,(H,16,17). The predicted octanol–water partition coefficient (Wildman–Crippen LogP) is -0.290. The molecule has 0 saturated heterocycles. The monoisotopic (exact) mass is 240 g/mol.